The number of rotatable bonds is 6. The molecule has 0 aliphatic carbocycles. The van der Waals surface area contributed by atoms with Gasteiger partial charge >= 0.3 is 0 Å². The molecule has 6 nitrogen and oxygen atoms in total. The average molecular weight is 408 g/mol. The molecule has 0 saturated carbocycles. The Labute approximate surface area is 177 Å². The van der Waals surface area contributed by atoms with Crippen LogP contribution in [0.15, 0.2) is 42.5 Å². The van der Waals surface area contributed by atoms with Crippen LogP contribution in [0, 0.1) is 6.92 Å². The van der Waals surface area contributed by atoms with Crippen molar-refractivity contribution in [2.24, 2.45) is 0 Å². The first-order valence-electron chi connectivity index (χ1n) is 10.5. The molecule has 0 aromatic heterocycles. The lowest BCUT2D eigenvalue weighted by atomic mass is 9.73. The van der Waals surface area contributed by atoms with Crippen LogP contribution in [-0.4, -0.2) is 38.7 Å². The monoisotopic (exact) mass is 408 g/mol. The maximum Gasteiger partial charge on any atom is 0.232 e. The maximum absolute atomic E-state index is 13.3. The molecule has 0 unspecified atom stereocenters. The van der Waals surface area contributed by atoms with E-state index in [0.717, 1.165) is 28.1 Å². The van der Waals surface area contributed by atoms with Crippen LogP contribution in [0.1, 0.15) is 41.9 Å². The van der Waals surface area contributed by atoms with Crippen molar-refractivity contribution >= 4 is 17.5 Å². The van der Waals surface area contributed by atoms with Gasteiger partial charge in [-0.05, 0) is 55.5 Å². The van der Waals surface area contributed by atoms with Crippen molar-refractivity contribution in [3.8, 4) is 5.75 Å². The number of ether oxygens (including phenoxy) is 2. The Kier molecular flexibility index (Phi) is 5.77. The predicted octanol–water partition coefficient (Wildman–Crippen LogP) is 3.29. The number of fused-ring (bicyclic) bond motifs is 1. The van der Waals surface area contributed by atoms with E-state index in [4.69, 9.17) is 9.47 Å². The van der Waals surface area contributed by atoms with Crippen molar-refractivity contribution in [3.05, 3.63) is 59.2 Å². The summed E-state index contributed by atoms with van der Waals surface area (Å²) in [6.07, 6.45) is 1.86. The molecule has 2 aromatic carbocycles. The summed E-state index contributed by atoms with van der Waals surface area (Å²) in [4.78, 5) is 25.8. The predicted molar refractivity (Wildman–Crippen MR) is 115 cm³/mol. The fraction of sp³-hybridized carbons (Fsp3) is 0.417. The number of amides is 2. The zero-order valence-electron chi connectivity index (χ0n) is 17.5. The lowest BCUT2D eigenvalue weighted by Gasteiger charge is -2.36. The fourth-order valence-corrected chi connectivity index (χ4v) is 4.53. The van der Waals surface area contributed by atoms with E-state index in [1.165, 1.54) is 0 Å². The van der Waals surface area contributed by atoms with E-state index >= 15 is 0 Å². The van der Waals surface area contributed by atoms with Crippen LogP contribution in [0.25, 0.3) is 0 Å². The first-order valence-corrected chi connectivity index (χ1v) is 10.5. The van der Waals surface area contributed by atoms with Gasteiger partial charge in [-0.25, -0.2) is 0 Å². The lowest BCUT2D eigenvalue weighted by molar-refractivity contribution is -0.130. The summed E-state index contributed by atoms with van der Waals surface area (Å²) in [6.45, 7) is 3.61. The van der Waals surface area contributed by atoms with Crippen LogP contribution in [0.5, 0.6) is 5.75 Å². The zero-order chi connectivity index (χ0) is 21.1. The van der Waals surface area contributed by atoms with Gasteiger partial charge in [-0.3, -0.25) is 9.59 Å². The molecule has 1 atom stereocenters. The number of hydrogen-bond acceptors (Lipinski definition) is 4. The summed E-state index contributed by atoms with van der Waals surface area (Å²) >= 11 is 0. The van der Waals surface area contributed by atoms with E-state index in [1.54, 1.807) is 7.11 Å². The molecule has 1 saturated heterocycles. The molecule has 6 heteroatoms. The summed E-state index contributed by atoms with van der Waals surface area (Å²) in [5.41, 5.74) is 3.34. The number of carbonyl (C=O) groups excluding carboxylic acids is 2. The van der Waals surface area contributed by atoms with Crippen molar-refractivity contribution in [2.45, 2.75) is 37.5 Å². The molecular formula is C24H28N2O4. The summed E-state index contributed by atoms with van der Waals surface area (Å²) < 4.78 is 10.8. The van der Waals surface area contributed by atoms with Crippen molar-refractivity contribution < 1.29 is 19.1 Å². The minimum absolute atomic E-state index is 0.0145. The van der Waals surface area contributed by atoms with Gasteiger partial charge in [-0.15, -0.1) is 0 Å². The second-order valence-electron chi connectivity index (χ2n) is 8.10. The SMILES string of the molecule is COc1ccc2c(c1)[C@@H](CCNC(=O)C1(c3cccc(C)c3)CCOCC1)C(=O)N2. The molecule has 0 spiro atoms. The third-order valence-corrected chi connectivity index (χ3v) is 6.28. The van der Waals surface area contributed by atoms with E-state index in [1.807, 2.05) is 43.3 Å². The quantitative estimate of drug-likeness (QED) is 0.769. The van der Waals surface area contributed by atoms with Gasteiger partial charge in [0.15, 0.2) is 0 Å². The van der Waals surface area contributed by atoms with Gasteiger partial charge in [0.1, 0.15) is 5.75 Å². The van der Waals surface area contributed by atoms with E-state index in [0.29, 0.717) is 39.0 Å². The molecule has 2 N–H and O–H groups in total. The zero-order valence-corrected chi connectivity index (χ0v) is 17.5. The maximum atomic E-state index is 13.3. The number of anilines is 1. The molecule has 2 amide bonds. The Balaban J connectivity index is 1.47. The van der Waals surface area contributed by atoms with E-state index in [-0.39, 0.29) is 17.7 Å². The highest BCUT2D eigenvalue weighted by atomic mass is 16.5. The molecule has 2 aliphatic rings. The standard InChI is InChI=1S/C24H28N2O4/c1-16-4-3-5-17(14-16)24(9-12-30-13-10-24)23(28)25-11-8-19-20-15-18(29-2)6-7-21(20)26-22(19)27/h3-7,14-15,19H,8-13H2,1-2H3,(H,25,28)(H,26,27)/t19-/m1/s1. The van der Waals surface area contributed by atoms with Crippen LogP contribution in [-0.2, 0) is 19.7 Å². The van der Waals surface area contributed by atoms with Crippen molar-refractivity contribution in [1.82, 2.24) is 5.32 Å². The molecule has 2 heterocycles. The smallest absolute Gasteiger partial charge is 0.232 e. The molecular weight excluding hydrogens is 380 g/mol. The van der Waals surface area contributed by atoms with Gasteiger partial charge in [0.25, 0.3) is 0 Å². The Morgan fingerprint density at radius 3 is 2.77 bits per heavy atom. The van der Waals surface area contributed by atoms with Gasteiger partial charge in [-0.2, -0.15) is 0 Å². The fourth-order valence-electron chi connectivity index (χ4n) is 4.53. The normalized spacial score (nSPS) is 19.7. The highest BCUT2D eigenvalue weighted by Gasteiger charge is 2.41. The van der Waals surface area contributed by atoms with Gasteiger partial charge in [0.2, 0.25) is 11.8 Å². The van der Waals surface area contributed by atoms with Crippen LogP contribution < -0.4 is 15.4 Å². The van der Waals surface area contributed by atoms with Crippen LogP contribution in [0.2, 0.25) is 0 Å². The van der Waals surface area contributed by atoms with Gasteiger partial charge in [-0.1, -0.05) is 29.8 Å². The number of carbonyl (C=O) groups is 2. The van der Waals surface area contributed by atoms with Crippen LogP contribution in [0.4, 0.5) is 5.69 Å². The first-order chi connectivity index (χ1) is 14.5. The average Bonchev–Trinajstić information content (AvgIpc) is 3.08. The van der Waals surface area contributed by atoms with E-state index < -0.39 is 5.41 Å². The molecule has 1 fully saturated rings. The number of nitrogens with one attached hydrogen (secondary N) is 2. The summed E-state index contributed by atoms with van der Waals surface area (Å²) in [5.74, 6) is 0.410. The Hall–Kier alpha value is -2.86. The van der Waals surface area contributed by atoms with Crippen molar-refractivity contribution in [1.29, 1.82) is 0 Å². The second kappa shape index (κ2) is 8.48. The Bertz CT molecular complexity index is 950. The van der Waals surface area contributed by atoms with Gasteiger partial charge in [0, 0.05) is 25.4 Å². The first kappa shape index (κ1) is 20.4. The number of methoxy groups -OCH3 is 1. The van der Waals surface area contributed by atoms with Gasteiger partial charge < -0.3 is 20.1 Å². The second-order valence-corrected chi connectivity index (χ2v) is 8.10. The van der Waals surface area contributed by atoms with Gasteiger partial charge in [0.05, 0.1) is 18.4 Å². The summed E-state index contributed by atoms with van der Waals surface area (Å²) in [7, 11) is 1.61. The number of benzene rings is 2. The molecule has 0 radical (unpaired) electrons. The topological polar surface area (TPSA) is 76.7 Å². The molecule has 30 heavy (non-hydrogen) atoms. The van der Waals surface area contributed by atoms with Crippen LogP contribution >= 0.6 is 0 Å². The highest BCUT2D eigenvalue weighted by molar-refractivity contribution is 6.03. The van der Waals surface area contributed by atoms with Crippen LogP contribution in [0.3, 0.4) is 0 Å². The number of aryl methyl sites for hydroxylation is 1. The lowest BCUT2D eigenvalue weighted by Crippen LogP contribution is -2.48. The molecule has 2 aromatic rings. The van der Waals surface area contributed by atoms with Crippen molar-refractivity contribution in [2.75, 3.05) is 32.2 Å². The molecule has 2 aliphatic heterocycles. The molecule has 158 valence electrons. The number of hydrogen-bond donors (Lipinski definition) is 2. The Morgan fingerprint density at radius 1 is 1.23 bits per heavy atom. The third-order valence-electron chi connectivity index (χ3n) is 6.28. The highest BCUT2D eigenvalue weighted by Crippen LogP contribution is 2.38. The third kappa shape index (κ3) is 3.79. The summed E-state index contributed by atoms with van der Waals surface area (Å²) in [5, 5.41) is 6.03. The molecule has 4 rings (SSSR count). The van der Waals surface area contributed by atoms with E-state index in [9.17, 15) is 9.59 Å². The Morgan fingerprint density at radius 2 is 2.03 bits per heavy atom. The largest absolute Gasteiger partial charge is 0.497 e. The van der Waals surface area contributed by atoms with E-state index in [2.05, 4.69) is 16.7 Å². The summed E-state index contributed by atoms with van der Waals surface area (Å²) in [6, 6.07) is 13.8. The molecule has 0 bridgehead atoms. The van der Waals surface area contributed by atoms with Crippen molar-refractivity contribution in [3.63, 3.8) is 0 Å². The minimum atomic E-state index is -0.580. The minimum Gasteiger partial charge on any atom is -0.497 e.